The summed E-state index contributed by atoms with van der Waals surface area (Å²) < 4.78 is 6.14. The highest BCUT2D eigenvalue weighted by molar-refractivity contribution is 5.83. The fraction of sp³-hybridized carbons (Fsp3) is 0.375. The van der Waals surface area contributed by atoms with E-state index in [9.17, 15) is 4.79 Å². The highest BCUT2D eigenvalue weighted by Crippen LogP contribution is 2.34. The van der Waals surface area contributed by atoms with Gasteiger partial charge >= 0.3 is 0 Å². The number of hydrogen-bond acceptors (Lipinski definition) is 5. The van der Waals surface area contributed by atoms with Crippen molar-refractivity contribution in [3.05, 3.63) is 60.0 Å². The number of fused-ring (bicyclic) bond motifs is 2. The normalized spacial score (nSPS) is 18.8. The molecule has 0 aliphatic carbocycles. The number of piperidine rings is 1. The summed E-state index contributed by atoms with van der Waals surface area (Å²) >= 11 is 0. The number of aryl methyl sites for hydroxylation is 1. The molecule has 1 saturated heterocycles. The molecule has 2 aliphatic heterocycles. The van der Waals surface area contributed by atoms with Crippen LogP contribution in [0.15, 0.2) is 48.5 Å². The number of nitrogens with zero attached hydrogens (tertiary/aromatic N) is 4. The molecule has 5 rings (SSSR count). The Morgan fingerprint density at radius 3 is 2.67 bits per heavy atom. The van der Waals surface area contributed by atoms with Crippen molar-refractivity contribution in [2.45, 2.75) is 38.8 Å². The fourth-order valence-electron chi connectivity index (χ4n) is 4.44. The molecule has 30 heavy (non-hydrogen) atoms. The Balaban J connectivity index is 1.44. The Bertz CT molecular complexity index is 1080. The summed E-state index contributed by atoms with van der Waals surface area (Å²) in [6.07, 6.45) is 2.84. The minimum absolute atomic E-state index is 0.0878. The Kier molecular flexibility index (Phi) is 4.99. The molecule has 3 aromatic rings. The number of benzene rings is 2. The van der Waals surface area contributed by atoms with Gasteiger partial charge in [-0.3, -0.25) is 4.79 Å². The summed E-state index contributed by atoms with van der Waals surface area (Å²) in [7, 11) is 0. The number of likely N-dealkylation sites (tertiary alicyclic amines) is 1. The smallest absolute Gasteiger partial charge is 0.265 e. The second-order valence-corrected chi connectivity index (χ2v) is 8.08. The van der Waals surface area contributed by atoms with Crippen LogP contribution < -0.4 is 9.64 Å². The van der Waals surface area contributed by atoms with E-state index in [1.165, 1.54) is 6.42 Å². The molecule has 1 aromatic heterocycles. The van der Waals surface area contributed by atoms with Gasteiger partial charge in [0, 0.05) is 24.2 Å². The van der Waals surface area contributed by atoms with Gasteiger partial charge in [0.2, 0.25) is 0 Å². The summed E-state index contributed by atoms with van der Waals surface area (Å²) in [5.74, 6) is 1.59. The molecular weight excluding hydrogens is 376 g/mol. The highest BCUT2D eigenvalue weighted by atomic mass is 16.5. The Labute approximate surface area is 176 Å². The molecule has 3 heterocycles. The Morgan fingerprint density at radius 1 is 1.03 bits per heavy atom. The SMILES string of the molecule is Cc1nc(CN2CC(C(=O)N3CCCCC3)Oc3ccccc32)nc2ccccc12. The maximum Gasteiger partial charge on any atom is 0.265 e. The van der Waals surface area contributed by atoms with Crippen LogP contribution in [0.4, 0.5) is 5.69 Å². The molecule has 0 bridgehead atoms. The molecule has 0 radical (unpaired) electrons. The summed E-state index contributed by atoms with van der Waals surface area (Å²) in [6, 6.07) is 16.0. The topological polar surface area (TPSA) is 58.6 Å². The van der Waals surface area contributed by atoms with E-state index in [0.29, 0.717) is 13.1 Å². The first-order chi connectivity index (χ1) is 14.7. The molecule has 1 unspecified atom stereocenters. The number of aromatic nitrogens is 2. The molecule has 6 heteroatoms. The number of ether oxygens (including phenoxy) is 1. The van der Waals surface area contributed by atoms with E-state index in [2.05, 4.69) is 4.90 Å². The lowest BCUT2D eigenvalue weighted by atomic mass is 10.1. The number of para-hydroxylation sites is 3. The van der Waals surface area contributed by atoms with Crippen LogP contribution in [0.1, 0.15) is 30.8 Å². The van der Waals surface area contributed by atoms with E-state index < -0.39 is 6.10 Å². The molecule has 0 saturated carbocycles. The molecule has 2 aliphatic rings. The van der Waals surface area contributed by atoms with E-state index in [1.54, 1.807) is 0 Å². The number of anilines is 1. The second kappa shape index (κ2) is 7.94. The summed E-state index contributed by atoms with van der Waals surface area (Å²) in [4.78, 5) is 26.8. The maximum atomic E-state index is 13.1. The van der Waals surface area contributed by atoms with Gasteiger partial charge in [0.1, 0.15) is 11.6 Å². The molecule has 1 amide bonds. The van der Waals surface area contributed by atoms with Crippen LogP contribution in [-0.4, -0.2) is 46.5 Å². The maximum absolute atomic E-state index is 13.1. The first-order valence-corrected chi connectivity index (χ1v) is 10.7. The van der Waals surface area contributed by atoms with E-state index in [0.717, 1.165) is 59.8 Å². The van der Waals surface area contributed by atoms with Gasteiger partial charge in [-0.05, 0) is 44.4 Å². The van der Waals surface area contributed by atoms with Crippen molar-refractivity contribution < 1.29 is 9.53 Å². The third-order valence-electron chi connectivity index (χ3n) is 5.98. The predicted molar refractivity (Wildman–Crippen MR) is 117 cm³/mol. The summed E-state index contributed by atoms with van der Waals surface area (Å²) in [5.41, 5.74) is 2.90. The molecule has 154 valence electrons. The summed E-state index contributed by atoms with van der Waals surface area (Å²) in [5, 5.41) is 1.07. The predicted octanol–water partition coefficient (Wildman–Crippen LogP) is 3.72. The van der Waals surface area contributed by atoms with Crippen LogP contribution in [-0.2, 0) is 11.3 Å². The molecule has 1 atom stereocenters. The fourth-order valence-corrected chi connectivity index (χ4v) is 4.44. The van der Waals surface area contributed by atoms with Crippen LogP contribution in [0.5, 0.6) is 5.75 Å². The van der Waals surface area contributed by atoms with Crippen LogP contribution >= 0.6 is 0 Å². The molecule has 0 spiro atoms. The standard InChI is InChI=1S/C24H26N4O2/c1-17-18-9-3-4-10-19(18)26-23(25-17)16-28-15-22(24(29)27-13-7-2-8-14-27)30-21-12-6-5-11-20(21)28/h3-6,9-12,22H,2,7-8,13-16H2,1H3. The van der Waals surface area contributed by atoms with Gasteiger partial charge in [-0.2, -0.15) is 0 Å². The molecule has 1 fully saturated rings. The summed E-state index contributed by atoms with van der Waals surface area (Å²) in [6.45, 7) is 4.71. The third kappa shape index (κ3) is 3.58. The van der Waals surface area contributed by atoms with Gasteiger partial charge in [0.05, 0.1) is 24.3 Å². The zero-order valence-corrected chi connectivity index (χ0v) is 17.3. The lowest BCUT2D eigenvalue weighted by Crippen LogP contribution is -2.51. The van der Waals surface area contributed by atoms with E-state index >= 15 is 0 Å². The highest BCUT2D eigenvalue weighted by Gasteiger charge is 2.34. The van der Waals surface area contributed by atoms with Crippen molar-refractivity contribution in [3.8, 4) is 5.75 Å². The van der Waals surface area contributed by atoms with Crippen molar-refractivity contribution in [2.24, 2.45) is 0 Å². The number of amides is 1. The zero-order valence-electron chi connectivity index (χ0n) is 17.3. The van der Waals surface area contributed by atoms with Crippen molar-refractivity contribution in [3.63, 3.8) is 0 Å². The number of hydrogen-bond donors (Lipinski definition) is 0. The third-order valence-corrected chi connectivity index (χ3v) is 5.98. The minimum Gasteiger partial charge on any atom is -0.477 e. The lowest BCUT2D eigenvalue weighted by molar-refractivity contribution is -0.139. The average Bonchev–Trinajstić information content (AvgIpc) is 2.79. The van der Waals surface area contributed by atoms with Crippen molar-refractivity contribution in [1.82, 2.24) is 14.9 Å². The van der Waals surface area contributed by atoms with Crippen molar-refractivity contribution in [2.75, 3.05) is 24.5 Å². The largest absolute Gasteiger partial charge is 0.477 e. The minimum atomic E-state index is -0.500. The Morgan fingerprint density at radius 2 is 1.80 bits per heavy atom. The van der Waals surface area contributed by atoms with Gasteiger partial charge in [-0.1, -0.05) is 30.3 Å². The Hall–Kier alpha value is -3.15. The van der Waals surface area contributed by atoms with Crippen molar-refractivity contribution >= 4 is 22.5 Å². The van der Waals surface area contributed by atoms with E-state index in [-0.39, 0.29) is 5.91 Å². The molecule has 6 nitrogen and oxygen atoms in total. The molecule has 2 aromatic carbocycles. The molecule has 0 N–H and O–H groups in total. The van der Waals surface area contributed by atoms with E-state index in [1.807, 2.05) is 60.4 Å². The van der Waals surface area contributed by atoms with Gasteiger partial charge in [-0.15, -0.1) is 0 Å². The first kappa shape index (κ1) is 18.9. The van der Waals surface area contributed by atoms with Gasteiger partial charge < -0.3 is 14.5 Å². The van der Waals surface area contributed by atoms with Crippen molar-refractivity contribution in [1.29, 1.82) is 0 Å². The van der Waals surface area contributed by atoms with Crippen LogP contribution in [0, 0.1) is 6.92 Å². The van der Waals surface area contributed by atoms with Crippen LogP contribution in [0.3, 0.4) is 0 Å². The number of carbonyl (C=O) groups excluding carboxylic acids is 1. The second-order valence-electron chi connectivity index (χ2n) is 8.08. The average molecular weight is 402 g/mol. The molecular formula is C24H26N4O2. The monoisotopic (exact) mass is 402 g/mol. The number of rotatable bonds is 3. The van der Waals surface area contributed by atoms with E-state index in [4.69, 9.17) is 14.7 Å². The quantitative estimate of drug-likeness (QED) is 0.668. The zero-order chi connectivity index (χ0) is 20.5. The lowest BCUT2D eigenvalue weighted by Gasteiger charge is -2.38. The van der Waals surface area contributed by atoms with Gasteiger partial charge in [0.25, 0.3) is 5.91 Å². The van der Waals surface area contributed by atoms with Gasteiger partial charge in [0.15, 0.2) is 6.10 Å². The van der Waals surface area contributed by atoms with Gasteiger partial charge in [-0.25, -0.2) is 9.97 Å². The number of carbonyl (C=O) groups is 1. The van der Waals surface area contributed by atoms with Crippen LogP contribution in [0.2, 0.25) is 0 Å². The van der Waals surface area contributed by atoms with Crippen LogP contribution in [0.25, 0.3) is 10.9 Å². The first-order valence-electron chi connectivity index (χ1n) is 10.7.